The highest BCUT2D eigenvalue weighted by molar-refractivity contribution is 9.10. The molecule has 9 heteroatoms. The molecular weight excluding hydrogens is 1350 g/mol. The minimum absolute atomic E-state index is 0.0743. The van der Waals surface area contributed by atoms with E-state index in [9.17, 15) is 4.39 Å². The van der Waals surface area contributed by atoms with Gasteiger partial charge in [-0.2, -0.15) is 13.7 Å². The van der Waals surface area contributed by atoms with E-state index in [1.165, 1.54) is 101 Å². The molecule has 3 aliphatic heterocycles. The first-order valence-corrected chi connectivity index (χ1v) is 38.0. The molecule has 0 aliphatic carbocycles. The molecule has 0 spiro atoms. The highest BCUT2D eigenvalue weighted by atomic mass is 79.9. The molecule has 10 aromatic carbocycles. The van der Waals surface area contributed by atoms with Crippen molar-refractivity contribution in [2.75, 3.05) is 75.1 Å². The molecule has 526 valence electrons. The van der Waals surface area contributed by atoms with E-state index in [2.05, 4.69) is 383 Å². The fourth-order valence-electron chi connectivity index (χ4n) is 16.0. The van der Waals surface area contributed by atoms with Crippen molar-refractivity contribution in [2.24, 2.45) is 0 Å². The standard InChI is InChI=1S/C35H36ClN2.C30H35N2.C29H31BrFN2/c1-4-38(5-2)31-20-16-27(17-21-31)18-23-34-35(25-28-12-8-6-9-13-28,26-29-14-10-7-11-15-29)32-24-30(36)19-22-33(32)37(34)3;1-6-32(7-2)26-17-14-24(15-18-26)16-20-29-30(4,22-25-11-9-8-10-12-25)27-21-23(3)13-19-28(27)31(29)5;1-5-33(6-2)24-16-11-21(12-17-24)13-18-28-29(3,20-22-14-15-23(30)19-26(22)31)25-9-7-8-10-27(25)32(28)4/h6-24H,4-5,25-26H2,1-3H3;8-21H,6-7,22H2,1-5H3;7-19H,5-6,20H2,1-4H3/q3*+1. The zero-order chi connectivity index (χ0) is 72.8. The van der Waals surface area contributed by atoms with Crippen molar-refractivity contribution in [3.05, 3.63) is 337 Å². The summed E-state index contributed by atoms with van der Waals surface area (Å²) in [5.41, 5.74) is 24.2. The van der Waals surface area contributed by atoms with E-state index in [1.807, 2.05) is 18.2 Å². The lowest BCUT2D eigenvalue weighted by atomic mass is 9.69. The molecular formula is C94H102BrClFN6+3. The van der Waals surface area contributed by atoms with Gasteiger partial charge < -0.3 is 14.7 Å². The summed E-state index contributed by atoms with van der Waals surface area (Å²) in [6.07, 6.45) is 16.9. The Morgan fingerprint density at radius 3 is 1.20 bits per heavy atom. The number of para-hydroxylation sites is 1. The second-order valence-corrected chi connectivity index (χ2v) is 29.3. The van der Waals surface area contributed by atoms with E-state index >= 15 is 0 Å². The maximum Gasteiger partial charge on any atom is 0.209 e. The van der Waals surface area contributed by atoms with Crippen LogP contribution < -0.4 is 14.7 Å². The molecule has 0 N–H and O–H groups in total. The minimum Gasteiger partial charge on any atom is -0.372 e. The summed E-state index contributed by atoms with van der Waals surface area (Å²) in [7, 11) is 6.49. The average Bonchev–Trinajstić information content (AvgIpc) is 1.58. The van der Waals surface area contributed by atoms with Crippen molar-refractivity contribution in [3.63, 3.8) is 0 Å². The van der Waals surface area contributed by atoms with E-state index in [0.29, 0.717) is 6.42 Å². The maximum absolute atomic E-state index is 14.8. The Hall–Kier alpha value is -9.47. The number of aryl methyl sites for hydroxylation is 1. The molecule has 0 aromatic heterocycles. The minimum atomic E-state index is -0.336. The molecule has 103 heavy (non-hydrogen) atoms. The molecule has 0 bridgehead atoms. The Kier molecular flexibility index (Phi) is 24.5. The molecule has 13 rings (SSSR count). The van der Waals surface area contributed by atoms with Crippen molar-refractivity contribution in [3.8, 4) is 0 Å². The van der Waals surface area contributed by atoms with Crippen LogP contribution in [0.2, 0.25) is 5.02 Å². The van der Waals surface area contributed by atoms with Gasteiger partial charge in [0.2, 0.25) is 17.1 Å². The smallest absolute Gasteiger partial charge is 0.209 e. The number of hydrogen-bond donors (Lipinski definition) is 0. The van der Waals surface area contributed by atoms with Gasteiger partial charge in [0.1, 0.15) is 27.0 Å². The second kappa shape index (κ2) is 33.8. The Labute approximate surface area is 627 Å². The van der Waals surface area contributed by atoms with Gasteiger partial charge >= 0.3 is 0 Å². The predicted molar refractivity (Wildman–Crippen MR) is 443 cm³/mol. The molecule has 0 fully saturated rings. The van der Waals surface area contributed by atoms with Crippen LogP contribution in [0, 0.1) is 12.7 Å². The van der Waals surface area contributed by atoms with Crippen molar-refractivity contribution in [1.82, 2.24) is 0 Å². The number of halogens is 3. The van der Waals surface area contributed by atoms with Gasteiger partial charge in [-0.1, -0.05) is 191 Å². The van der Waals surface area contributed by atoms with Gasteiger partial charge in [-0.25, -0.2) is 4.39 Å². The van der Waals surface area contributed by atoms with Crippen molar-refractivity contribution >= 4 is 97.0 Å². The van der Waals surface area contributed by atoms with Gasteiger partial charge in [0, 0.05) is 119 Å². The lowest BCUT2D eigenvalue weighted by Crippen LogP contribution is -2.38. The zero-order valence-electron chi connectivity index (χ0n) is 62.4. The van der Waals surface area contributed by atoms with Crippen LogP contribution >= 0.6 is 27.5 Å². The number of nitrogens with zero attached hydrogens (tertiary/aromatic N) is 6. The molecule has 6 nitrogen and oxygen atoms in total. The third-order valence-corrected chi connectivity index (χ3v) is 22.3. The number of fused-ring (bicyclic) bond motifs is 3. The lowest BCUT2D eigenvalue weighted by molar-refractivity contribution is -0.401. The zero-order valence-corrected chi connectivity index (χ0v) is 64.8. The highest BCUT2D eigenvalue weighted by Crippen LogP contribution is 2.47. The van der Waals surface area contributed by atoms with Crippen LogP contribution in [0.5, 0.6) is 0 Å². The molecule has 0 amide bonds. The normalized spacial score (nSPS) is 16.4. The topological polar surface area (TPSA) is 18.8 Å². The van der Waals surface area contributed by atoms with Gasteiger partial charge in [0.05, 0.1) is 16.2 Å². The summed E-state index contributed by atoms with van der Waals surface area (Å²) < 4.78 is 22.5. The first kappa shape index (κ1) is 74.7. The largest absolute Gasteiger partial charge is 0.372 e. The van der Waals surface area contributed by atoms with Crippen molar-refractivity contribution in [2.45, 2.75) is 104 Å². The summed E-state index contributed by atoms with van der Waals surface area (Å²) in [6.45, 7) is 26.1. The SMILES string of the molecule is CCN(CC)c1ccc(/C=C/C2=[N+](C)c3ccc(C)cc3C2(C)Cc2ccccc2)cc1.CCN(CC)c1ccc(/C=C/C2=[N+](C)c3ccc(Cl)cc3C2(Cc2ccccc2)Cc2ccccc2)cc1.CCN(CC)c1ccc(/C=C/C2=[N+](C)c3ccccc3C2(C)Cc2ccc(Br)cc2F)cc1. The molecule has 0 saturated carbocycles. The van der Waals surface area contributed by atoms with Crippen LogP contribution in [0.1, 0.15) is 117 Å². The number of anilines is 3. The predicted octanol–water partition coefficient (Wildman–Crippen LogP) is 22.5. The van der Waals surface area contributed by atoms with Crippen molar-refractivity contribution in [1.29, 1.82) is 0 Å². The average molecular weight is 1450 g/mol. The van der Waals surface area contributed by atoms with Gasteiger partial charge in [0.15, 0.2) is 17.1 Å². The Bertz CT molecular complexity index is 4700. The van der Waals surface area contributed by atoms with E-state index < -0.39 is 0 Å². The van der Waals surface area contributed by atoms with Crippen LogP contribution in [0.25, 0.3) is 18.2 Å². The summed E-state index contributed by atoms with van der Waals surface area (Å²) in [5, 5.41) is 0.778. The summed E-state index contributed by atoms with van der Waals surface area (Å²) in [6, 6.07) is 86.1. The molecule has 3 heterocycles. The van der Waals surface area contributed by atoms with Crippen LogP contribution in [-0.4, -0.2) is 91.3 Å². The second-order valence-electron chi connectivity index (χ2n) is 28.0. The molecule has 10 aromatic rings. The summed E-state index contributed by atoms with van der Waals surface area (Å²) in [5.74, 6) is -0.173. The van der Waals surface area contributed by atoms with Gasteiger partial charge in [0.25, 0.3) is 0 Å². The van der Waals surface area contributed by atoms with Crippen molar-refractivity contribution < 1.29 is 18.1 Å². The van der Waals surface area contributed by atoms with Crippen LogP contribution in [0.3, 0.4) is 0 Å². The quantitative estimate of drug-likeness (QED) is 0.0595. The van der Waals surface area contributed by atoms with E-state index in [4.69, 9.17) is 11.6 Å². The Balaban J connectivity index is 0.000000156. The van der Waals surface area contributed by atoms with Crippen LogP contribution in [0.4, 0.5) is 38.5 Å². The van der Waals surface area contributed by atoms with E-state index in [0.717, 1.165) is 79.2 Å². The number of benzene rings is 10. The molecule has 2 atom stereocenters. The first-order chi connectivity index (χ1) is 49.9. The lowest BCUT2D eigenvalue weighted by Gasteiger charge is -2.28. The van der Waals surface area contributed by atoms with Gasteiger partial charge in [-0.05, 0) is 212 Å². The number of rotatable bonds is 23. The fraction of sp³-hybridized carbons (Fsp3) is 0.266. The highest BCUT2D eigenvalue weighted by Gasteiger charge is 2.51. The van der Waals surface area contributed by atoms with Crippen LogP contribution in [0.15, 0.2) is 265 Å². The molecule has 3 aliphatic rings. The molecule has 2 unspecified atom stereocenters. The van der Waals surface area contributed by atoms with Gasteiger partial charge in [-0.3, -0.25) is 0 Å². The third kappa shape index (κ3) is 16.6. The first-order valence-electron chi connectivity index (χ1n) is 36.9. The molecule has 0 saturated heterocycles. The Morgan fingerprint density at radius 2 is 0.757 bits per heavy atom. The van der Waals surface area contributed by atoms with Crippen LogP contribution in [-0.2, 0) is 41.9 Å². The molecule has 0 radical (unpaired) electrons. The maximum atomic E-state index is 14.8. The number of allylic oxidation sites excluding steroid dienone is 3. The van der Waals surface area contributed by atoms with E-state index in [1.54, 1.807) is 6.07 Å². The third-order valence-electron chi connectivity index (χ3n) is 21.5. The summed E-state index contributed by atoms with van der Waals surface area (Å²) in [4.78, 5) is 7.09. The van der Waals surface area contributed by atoms with E-state index in [-0.39, 0.29) is 22.1 Å². The van der Waals surface area contributed by atoms with Gasteiger partial charge in [-0.15, -0.1) is 0 Å². The monoisotopic (exact) mass is 1450 g/mol. The Morgan fingerprint density at radius 1 is 0.379 bits per heavy atom. The number of hydrogen-bond acceptors (Lipinski definition) is 3. The fourth-order valence-corrected chi connectivity index (χ4v) is 16.5. The summed E-state index contributed by atoms with van der Waals surface area (Å²) >= 11 is 10.0.